The number of carbonyl (C=O) groups excluding carboxylic acids is 1. The Balaban J connectivity index is 0.00000200. The molecular weight excluding hydrogens is 377 g/mol. The van der Waals surface area contributed by atoms with Gasteiger partial charge in [0.25, 0.3) is 5.91 Å². The quantitative estimate of drug-likeness (QED) is 0.769. The Morgan fingerprint density at radius 3 is 2.81 bits per heavy atom. The zero-order valence-electron chi connectivity index (χ0n) is 12.0. The Morgan fingerprint density at radius 1 is 1.48 bits per heavy atom. The lowest BCUT2D eigenvalue weighted by Crippen LogP contribution is -2.47. The van der Waals surface area contributed by atoms with Crippen LogP contribution in [-0.4, -0.2) is 36.5 Å². The number of piperidine rings is 1. The Bertz CT molecular complexity index is 474. The zero-order chi connectivity index (χ0) is 13.8. The van der Waals surface area contributed by atoms with Crippen molar-refractivity contribution in [1.82, 2.24) is 10.2 Å². The van der Waals surface area contributed by atoms with Crippen molar-refractivity contribution in [2.75, 3.05) is 25.4 Å². The molecule has 1 unspecified atom stereocenters. The Labute approximate surface area is 146 Å². The van der Waals surface area contributed by atoms with Crippen molar-refractivity contribution in [1.29, 1.82) is 0 Å². The number of hydrogen-bond acceptors (Lipinski definition) is 3. The van der Waals surface area contributed by atoms with Gasteiger partial charge in [-0.05, 0) is 44.1 Å². The van der Waals surface area contributed by atoms with Gasteiger partial charge in [-0.2, -0.15) is 0 Å². The van der Waals surface area contributed by atoms with Gasteiger partial charge in [-0.3, -0.25) is 4.79 Å². The monoisotopic (exact) mass is 397 g/mol. The van der Waals surface area contributed by atoms with E-state index in [0.717, 1.165) is 36.9 Å². The first-order valence-corrected chi connectivity index (χ1v) is 7.47. The maximum Gasteiger partial charge on any atom is 0.253 e. The van der Waals surface area contributed by atoms with Gasteiger partial charge in [-0.1, -0.05) is 22.9 Å². The van der Waals surface area contributed by atoms with Gasteiger partial charge in [0.15, 0.2) is 0 Å². The molecule has 7 heteroatoms. The van der Waals surface area contributed by atoms with E-state index in [1.54, 1.807) is 12.1 Å². The minimum Gasteiger partial charge on any atom is -0.398 e. The smallest absolute Gasteiger partial charge is 0.253 e. The number of nitrogens with one attached hydrogen (secondary N) is 1. The highest BCUT2D eigenvalue weighted by Crippen LogP contribution is 2.19. The highest BCUT2D eigenvalue weighted by atomic mass is 79.9. The Kier molecular flexibility index (Phi) is 9.29. The molecule has 1 fully saturated rings. The highest BCUT2D eigenvalue weighted by molar-refractivity contribution is 9.10. The predicted molar refractivity (Wildman–Crippen MR) is 95.7 cm³/mol. The summed E-state index contributed by atoms with van der Waals surface area (Å²) in [5, 5.41) is 3.08. The van der Waals surface area contributed by atoms with Crippen molar-refractivity contribution in [3.63, 3.8) is 0 Å². The van der Waals surface area contributed by atoms with Crippen LogP contribution in [0.1, 0.15) is 30.1 Å². The number of nitrogen functional groups attached to an aromatic ring is 1. The molecule has 1 aromatic carbocycles. The first kappa shape index (κ1) is 20.5. The summed E-state index contributed by atoms with van der Waals surface area (Å²) in [5.41, 5.74) is 6.94. The third-order valence-electron chi connectivity index (χ3n) is 3.55. The number of nitrogens with zero attached hydrogens (tertiary/aromatic N) is 1. The van der Waals surface area contributed by atoms with E-state index in [1.807, 2.05) is 6.07 Å². The number of likely N-dealkylation sites (tertiary alicyclic amines) is 1. The van der Waals surface area contributed by atoms with E-state index in [2.05, 4.69) is 33.1 Å². The molecule has 1 aliphatic heterocycles. The number of likely N-dealkylation sites (N-methyl/N-ethyl adjacent to an activating group) is 1. The lowest BCUT2D eigenvalue weighted by atomic mass is 10.0. The molecular formula is C14H22BrCl2N3O. The van der Waals surface area contributed by atoms with Gasteiger partial charge >= 0.3 is 0 Å². The maximum atomic E-state index is 12.2. The second kappa shape index (κ2) is 9.51. The molecule has 1 heterocycles. The third kappa shape index (κ3) is 5.66. The topological polar surface area (TPSA) is 58.4 Å². The van der Waals surface area contributed by atoms with Gasteiger partial charge in [0.1, 0.15) is 0 Å². The molecule has 0 aromatic heterocycles. The van der Waals surface area contributed by atoms with Crippen molar-refractivity contribution in [3.05, 3.63) is 28.2 Å². The summed E-state index contributed by atoms with van der Waals surface area (Å²) in [4.78, 5) is 14.6. The van der Waals surface area contributed by atoms with Gasteiger partial charge in [-0.15, -0.1) is 24.8 Å². The van der Waals surface area contributed by atoms with Crippen molar-refractivity contribution in [3.8, 4) is 0 Å². The summed E-state index contributed by atoms with van der Waals surface area (Å²) in [5.74, 6) is -0.0760. The van der Waals surface area contributed by atoms with Gasteiger partial charge in [0.2, 0.25) is 0 Å². The van der Waals surface area contributed by atoms with Crippen LogP contribution in [0.2, 0.25) is 0 Å². The van der Waals surface area contributed by atoms with E-state index in [4.69, 9.17) is 5.73 Å². The van der Waals surface area contributed by atoms with Crippen LogP contribution >= 0.6 is 40.7 Å². The fourth-order valence-electron chi connectivity index (χ4n) is 2.46. The molecule has 0 radical (unpaired) electrons. The molecule has 1 amide bonds. The molecule has 1 aromatic rings. The van der Waals surface area contributed by atoms with E-state index in [0.29, 0.717) is 11.3 Å². The molecule has 21 heavy (non-hydrogen) atoms. The molecule has 120 valence electrons. The fourth-order valence-corrected chi connectivity index (χ4v) is 2.84. The van der Waals surface area contributed by atoms with Crippen LogP contribution in [0.5, 0.6) is 0 Å². The van der Waals surface area contributed by atoms with Crippen LogP contribution in [0.15, 0.2) is 22.7 Å². The zero-order valence-corrected chi connectivity index (χ0v) is 15.2. The van der Waals surface area contributed by atoms with Crippen LogP contribution in [0.3, 0.4) is 0 Å². The molecule has 1 aliphatic rings. The number of rotatable bonds is 3. The third-order valence-corrected chi connectivity index (χ3v) is 4.04. The summed E-state index contributed by atoms with van der Waals surface area (Å²) in [6, 6.07) is 5.58. The summed E-state index contributed by atoms with van der Waals surface area (Å²) in [6.07, 6.45) is 2.17. The normalized spacial score (nSPS) is 18.3. The lowest BCUT2D eigenvalue weighted by Gasteiger charge is -2.32. The van der Waals surface area contributed by atoms with Gasteiger partial charge < -0.3 is 16.0 Å². The van der Waals surface area contributed by atoms with E-state index in [9.17, 15) is 4.79 Å². The van der Waals surface area contributed by atoms with Crippen LogP contribution in [0.4, 0.5) is 5.69 Å². The van der Waals surface area contributed by atoms with E-state index < -0.39 is 0 Å². The number of nitrogens with two attached hydrogens (primary N) is 1. The van der Waals surface area contributed by atoms with Crippen LogP contribution in [0, 0.1) is 0 Å². The number of carbonyl (C=O) groups is 1. The average molecular weight is 399 g/mol. The van der Waals surface area contributed by atoms with Crippen LogP contribution in [-0.2, 0) is 0 Å². The summed E-state index contributed by atoms with van der Waals surface area (Å²) >= 11 is 3.34. The van der Waals surface area contributed by atoms with Crippen molar-refractivity contribution in [2.45, 2.75) is 25.8 Å². The Morgan fingerprint density at radius 2 is 2.19 bits per heavy atom. The SMILES string of the molecule is CCN1CCCC(NC(=O)c2ccc(Br)cc2N)C1.Cl.Cl. The van der Waals surface area contributed by atoms with Crippen molar-refractivity contribution < 1.29 is 4.79 Å². The number of benzene rings is 1. The van der Waals surface area contributed by atoms with Gasteiger partial charge in [0, 0.05) is 22.7 Å². The van der Waals surface area contributed by atoms with E-state index >= 15 is 0 Å². The average Bonchev–Trinajstić information content (AvgIpc) is 2.38. The minimum absolute atomic E-state index is 0. The molecule has 1 atom stereocenters. The van der Waals surface area contributed by atoms with Crippen LogP contribution in [0.25, 0.3) is 0 Å². The first-order valence-electron chi connectivity index (χ1n) is 6.68. The van der Waals surface area contributed by atoms with E-state index in [1.165, 1.54) is 0 Å². The predicted octanol–water partition coefficient (Wildman–Crippen LogP) is 3.09. The summed E-state index contributed by atoms with van der Waals surface area (Å²) in [6.45, 7) is 5.24. The molecule has 0 bridgehead atoms. The molecule has 4 nitrogen and oxygen atoms in total. The Hall–Kier alpha value is -0.490. The summed E-state index contributed by atoms with van der Waals surface area (Å²) < 4.78 is 0.886. The fraction of sp³-hybridized carbons (Fsp3) is 0.500. The molecule has 1 saturated heterocycles. The first-order chi connectivity index (χ1) is 9.10. The van der Waals surface area contributed by atoms with Crippen LogP contribution < -0.4 is 11.1 Å². The second-order valence-electron chi connectivity index (χ2n) is 4.94. The standard InChI is InChI=1S/C14H20BrN3O.2ClH/c1-2-18-7-3-4-11(9-18)17-14(19)12-6-5-10(15)8-13(12)16;;/h5-6,8,11H,2-4,7,9,16H2,1H3,(H,17,19);2*1H. The largest absolute Gasteiger partial charge is 0.398 e. The minimum atomic E-state index is -0.0760. The number of halogens is 3. The number of hydrogen-bond donors (Lipinski definition) is 2. The molecule has 0 spiro atoms. The van der Waals surface area contributed by atoms with Crippen molar-refractivity contribution in [2.24, 2.45) is 0 Å². The number of amides is 1. The summed E-state index contributed by atoms with van der Waals surface area (Å²) in [7, 11) is 0. The second-order valence-corrected chi connectivity index (χ2v) is 5.85. The highest BCUT2D eigenvalue weighted by Gasteiger charge is 2.21. The van der Waals surface area contributed by atoms with Gasteiger partial charge in [0.05, 0.1) is 5.56 Å². The molecule has 0 saturated carbocycles. The van der Waals surface area contributed by atoms with Gasteiger partial charge in [-0.25, -0.2) is 0 Å². The lowest BCUT2D eigenvalue weighted by molar-refractivity contribution is 0.0907. The van der Waals surface area contributed by atoms with Crippen molar-refractivity contribution >= 4 is 52.3 Å². The number of anilines is 1. The molecule has 3 N–H and O–H groups in total. The molecule has 0 aliphatic carbocycles. The van der Waals surface area contributed by atoms with E-state index in [-0.39, 0.29) is 36.8 Å². The molecule has 2 rings (SSSR count). The maximum absolute atomic E-state index is 12.2.